The molecule has 14 heteroatoms. The van der Waals surface area contributed by atoms with Gasteiger partial charge in [-0.2, -0.15) is 5.10 Å². The second kappa shape index (κ2) is 12.0. The van der Waals surface area contributed by atoms with Crippen molar-refractivity contribution in [3.05, 3.63) is 72.7 Å². The monoisotopic (exact) mass is 639 g/mol. The molecule has 1 amide bonds. The van der Waals surface area contributed by atoms with Gasteiger partial charge in [0.05, 0.1) is 40.8 Å². The second-order valence-corrected chi connectivity index (χ2v) is 13.4. The molecule has 1 saturated carbocycles. The van der Waals surface area contributed by atoms with E-state index in [0.717, 1.165) is 43.1 Å². The molecule has 4 N–H and O–H groups in total. The van der Waals surface area contributed by atoms with Crippen molar-refractivity contribution in [1.82, 2.24) is 39.8 Å². The van der Waals surface area contributed by atoms with Crippen LogP contribution < -0.4 is 10.0 Å². The number of carbonyl (C=O) groups is 1. The lowest BCUT2D eigenvalue weighted by Gasteiger charge is -2.20. The number of benzene rings is 1. The van der Waals surface area contributed by atoms with Crippen molar-refractivity contribution in [3.63, 3.8) is 0 Å². The third-order valence-electron chi connectivity index (χ3n) is 8.16. The van der Waals surface area contributed by atoms with Crippen LogP contribution in [0.3, 0.4) is 0 Å². The average molecular weight is 640 g/mol. The Morgan fingerprint density at radius 1 is 0.957 bits per heavy atom. The number of carbonyl (C=O) groups excluding carboxylic acids is 1. The summed E-state index contributed by atoms with van der Waals surface area (Å²) in [5.74, 6) is 0.00225. The average Bonchev–Trinajstić information content (AvgIpc) is 3.68. The summed E-state index contributed by atoms with van der Waals surface area (Å²) >= 11 is 0. The molecule has 6 aromatic rings. The fourth-order valence-electron chi connectivity index (χ4n) is 5.90. The fraction of sp³-hybridized carbons (Fsp3) is 0.250. The molecule has 0 saturated heterocycles. The number of halogens is 1. The smallest absolute Gasteiger partial charge is 0.227 e. The highest BCUT2D eigenvalue weighted by Crippen LogP contribution is 2.33. The van der Waals surface area contributed by atoms with Crippen molar-refractivity contribution >= 4 is 43.7 Å². The number of sulfonamides is 1. The van der Waals surface area contributed by atoms with Gasteiger partial charge in [0.1, 0.15) is 11.5 Å². The SMILES string of the molecule is CS(=O)(=O)NCc1cc(F)cc(-c2cncc3[nH]c(-c4n[nH]c5ncc(-c6cncc(NC(=O)C7CCCCC7)c6)cc45)nc23)c1. The number of fused-ring (bicyclic) bond motifs is 2. The van der Waals surface area contributed by atoms with E-state index in [1.54, 1.807) is 37.1 Å². The molecule has 1 aliphatic carbocycles. The minimum Gasteiger partial charge on any atom is -0.335 e. The fourth-order valence-corrected chi connectivity index (χ4v) is 6.32. The van der Waals surface area contributed by atoms with Crippen LogP contribution in [0.15, 0.2) is 61.3 Å². The number of nitrogens with zero attached hydrogens (tertiary/aromatic N) is 5. The number of aromatic amines is 2. The van der Waals surface area contributed by atoms with Gasteiger partial charge in [-0.1, -0.05) is 19.3 Å². The summed E-state index contributed by atoms with van der Waals surface area (Å²) in [4.78, 5) is 34.2. The number of amides is 1. The van der Waals surface area contributed by atoms with Crippen LogP contribution in [0.1, 0.15) is 37.7 Å². The number of H-pyrrole nitrogens is 2. The Kier molecular flexibility index (Phi) is 7.74. The lowest BCUT2D eigenvalue weighted by Crippen LogP contribution is -2.24. The van der Waals surface area contributed by atoms with E-state index in [-0.39, 0.29) is 18.4 Å². The minimum atomic E-state index is -3.46. The zero-order chi connectivity index (χ0) is 31.8. The number of imidazole rings is 1. The number of anilines is 1. The van der Waals surface area contributed by atoms with E-state index >= 15 is 0 Å². The van der Waals surface area contributed by atoms with E-state index < -0.39 is 15.8 Å². The van der Waals surface area contributed by atoms with Crippen LogP contribution in [-0.4, -0.2) is 55.7 Å². The third-order valence-corrected chi connectivity index (χ3v) is 8.83. The molecule has 234 valence electrons. The van der Waals surface area contributed by atoms with Crippen LogP contribution in [0.2, 0.25) is 0 Å². The molecule has 1 aromatic carbocycles. The quantitative estimate of drug-likeness (QED) is 0.173. The van der Waals surface area contributed by atoms with Gasteiger partial charge < -0.3 is 10.3 Å². The Bertz CT molecular complexity index is 2210. The first-order valence-corrected chi connectivity index (χ1v) is 16.8. The zero-order valence-electron chi connectivity index (χ0n) is 24.8. The Morgan fingerprint density at radius 2 is 1.76 bits per heavy atom. The van der Waals surface area contributed by atoms with E-state index in [1.165, 1.54) is 18.6 Å². The summed E-state index contributed by atoms with van der Waals surface area (Å²) in [6, 6.07) is 8.15. The van der Waals surface area contributed by atoms with E-state index in [2.05, 4.69) is 40.2 Å². The van der Waals surface area contributed by atoms with E-state index in [4.69, 9.17) is 4.98 Å². The van der Waals surface area contributed by atoms with E-state index in [1.807, 2.05) is 12.1 Å². The number of nitrogens with one attached hydrogen (secondary N) is 4. The third kappa shape index (κ3) is 6.21. The Balaban J connectivity index is 1.21. The maximum atomic E-state index is 14.6. The predicted octanol–water partition coefficient (Wildman–Crippen LogP) is 5.33. The largest absolute Gasteiger partial charge is 0.335 e. The first-order chi connectivity index (χ1) is 22.2. The number of hydrogen-bond acceptors (Lipinski definition) is 8. The van der Waals surface area contributed by atoms with Gasteiger partial charge in [0.2, 0.25) is 15.9 Å². The standard InChI is InChI=1S/C32H30FN9O3S/c1-46(44,45)37-12-18-7-20(9-23(33)8-18)26-16-35-17-27-28(26)40-31(39-27)29-25-11-22(14-36-30(25)42-41-29)21-10-24(15-34-13-21)38-32(43)19-5-3-2-4-6-19/h7-11,13-17,19,37H,2-6,12H2,1H3,(H,38,43)(H,39,40)(H,36,41,42). The molecular weight excluding hydrogens is 609 g/mol. The lowest BCUT2D eigenvalue weighted by molar-refractivity contribution is -0.120. The van der Waals surface area contributed by atoms with Crippen LogP contribution in [0.4, 0.5) is 10.1 Å². The summed E-state index contributed by atoms with van der Waals surface area (Å²) in [5, 5.41) is 11.2. The van der Waals surface area contributed by atoms with Crippen molar-refractivity contribution in [2.45, 2.75) is 38.6 Å². The number of pyridine rings is 3. The Hall–Kier alpha value is -5.08. The molecule has 46 heavy (non-hydrogen) atoms. The van der Waals surface area contributed by atoms with Gasteiger partial charge in [-0.05, 0) is 54.3 Å². The van der Waals surface area contributed by atoms with Gasteiger partial charge in [-0.25, -0.2) is 27.5 Å². The highest BCUT2D eigenvalue weighted by molar-refractivity contribution is 7.88. The Labute approximate surface area is 263 Å². The normalized spacial score (nSPS) is 14.2. The zero-order valence-corrected chi connectivity index (χ0v) is 25.7. The van der Waals surface area contributed by atoms with Crippen LogP contribution in [0, 0.1) is 11.7 Å². The molecule has 5 heterocycles. The molecule has 7 rings (SSSR count). The van der Waals surface area contributed by atoms with Gasteiger partial charge in [0, 0.05) is 47.7 Å². The summed E-state index contributed by atoms with van der Waals surface area (Å²) < 4.78 is 40.2. The maximum Gasteiger partial charge on any atom is 0.227 e. The van der Waals surface area contributed by atoms with Gasteiger partial charge in [-0.15, -0.1) is 0 Å². The highest BCUT2D eigenvalue weighted by atomic mass is 32.2. The molecule has 0 atom stereocenters. The van der Waals surface area contributed by atoms with E-state index in [9.17, 15) is 17.6 Å². The van der Waals surface area contributed by atoms with Crippen LogP contribution in [0.25, 0.3) is 55.8 Å². The molecule has 0 unspecified atom stereocenters. The molecule has 1 fully saturated rings. The summed E-state index contributed by atoms with van der Waals surface area (Å²) in [6.45, 7) is -0.0568. The summed E-state index contributed by atoms with van der Waals surface area (Å²) in [5.41, 5.74) is 5.96. The van der Waals surface area contributed by atoms with Crippen molar-refractivity contribution in [2.24, 2.45) is 5.92 Å². The molecule has 0 aliphatic heterocycles. The van der Waals surface area contributed by atoms with Gasteiger partial charge in [-0.3, -0.25) is 19.9 Å². The first-order valence-electron chi connectivity index (χ1n) is 14.9. The molecule has 5 aromatic heterocycles. The molecule has 1 aliphatic rings. The number of hydrogen-bond donors (Lipinski definition) is 4. The molecule has 0 bridgehead atoms. The lowest BCUT2D eigenvalue weighted by atomic mass is 9.88. The van der Waals surface area contributed by atoms with Crippen molar-refractivity contribution in [2.75, 3.05) is 11.6 Å². The van der Waals surface area contributed by atoms with Gasteiger partial charge in [0.25, 0.3) is 0 Å². The molecule has 0 spiro atoms. The predicted molar refractivity (Wildman–Crippen MR) is 172 cm³/mol. The summed E-state index contributed by atoms with van der Waals surface area (Å²) in [6.07, 6.45) is 14.5. The van der Waals surface area contributed by atoms with Crippen molar-refractivity contribution in [1.29, 1.82) is 0 Å². The van der Waals surface area contributed by atoms with Crippen LogP contribution in [0.5, 0.6) is 0 Å². The van der Waals surface area contributed by atoms with Crippen molar-refractivity contribution < 1.29 is 17.6 Å². The number of rotatable bonds is 8. The maximum absolute atomic E-state index is 14.6. The van der Waals surface area contributed by atoms with E-state index in [0.29, 0.717) is 56.0 Å². The molecular formula is C32H30FN9O3S. The van der Waals surface area contributed by atoms with Crippen LogP contribution in [-0.2, 0) is 21.4 Å². The highest BCUT2D eigenvalue weighted by Gasteiger charge is 2.22. The van der Waals surface area contributed by atoms with Crippen LogP contribution >= 0.6 is 0 Å². The Morgan fingerprint density at radius 3 is 2.59 bits per heavy atom. The summed E-state index contributed by atoms with van der Waals surface area (Å²) in [7, 11) is -3.46. The van der Waals surface area contributed by atoms with Gasteiger partial charge >= 0.3 is 0 Å². The number of aromatic nitrogens is 7. The topological polar surface area (TPSA) is 171 Å². The van der Waals surface area contributed by atoms with Gasteiger partial charge in [0.15, 0.2) is 11.5 Å². The van der Waals surface area contributed by atoms with Crippen molar-refractivity contribution in [3.8, 4) is 33.8 Å². The second-order valence-electron chi connectivity index (χ2n) is 11.6. The molecule has 12 nitrogen and oxygen atoms in total. The first kappa shape index (κ1) is 29.6. The molecule has 0 radical (unpaired) electrons. The minimum absolute atomic E-state index is 0.0307.